The van der Waals surface area contributed by atoms with Gasteiger partial charge in [0.05, 0.1) is 12.8 Å². The Morgan fingerprint density at radius 3 is 2.69 bits per heavy atom. The maximum absolute atomic E-state index is 12.4. The van der Waals surface area contributed by atoms with Crippen molar-refractivity contribution in [3.8, 4) is 22.5 Å². The Hall–Kier alpha value is -3.67. The summed E-state index contributed by atoms with van der Waals surface area (Å²) in [5.74, 6) is 0.553. The number of hydrogen-bond donors (Lipinski definition) is 2. The maximum atomic E-state index is 12.4. The van der Waals surface area contributed by atoms with E-state index in [2.05, 4.69) is 20.7 Å². The Morgan fingerprint density at radius 2 is 1.88 bits per heavy atom. The third kappa shape index (κ3) is 3.25. The van der Waals surface area contributed by atoms with Gasteiger partial charge in [-0.15, -0.1) is 0 Å². The summed E-state index contributed by atoms with van der Waals surface area (Å²) in [4.78, 5) is 12.4. The minimum atomic E-state index is -0.159. The molecule has 4 aromatic rings. The molecular formula is C20H17N4O2+. The Labute approximate surface area is 149 Å². The van der Waals surface area contributed by atoms with Crippen molar-refractivity contribution in [3.63, 3.8) is 0 Å². The molecule has 0 aliphatic heterocycles. The summed E-state index contributed by atoms with van der Waals surface area (Å²) < 4.78 is 5.24. The molecule has 0 fully saturated rings. The summed E-state index contributed by atoms with van der Waals surface area (Å²) in [5.41, 5.74) is 4.08. The predicted molar refractivity (Wildman–Crippen MR) is 95.9 cm³/mol. The second-order valence-electron chi connectivity index (χ2n) is 5.78. The molecule has 2 aromatic carbocycles. The molecule has 0 radical (unpaired) electrons. The Morgan fingerprint density at radius 1 is 1.04 bits per heavy atom. The lowest BCUT2D eigenvalue weighted by Gasteiger charge is -2.05. The first kappa shape index (κ1) is 15.8. The fourth-order valence-electron chi connectivity index (χ4n) is 2.77. The van der Waals surface area contributed by atoms with Crippen molar-refractivity contribution >= 4 is 5.91 Å². The van der Waals surface area contributed by atoms with Gasteiger partial charge in [-0.25, -0.2) is 0 Å². The number of amides is 1. The van der Waals surface area contributed by atoms with Crippen LogP contribution in [0.4, 0.5) is 0 Å². The minimum Gasteiger partial charge on any atom is -0.467 e. The summed E-state index contributed by atoms with van der Waals surface area (Å²) in [6.07, 6.45) is 1.59. The predicted octanol–water partition coefficient (Wildman–Crippen LogP) is 3.08. The summed E-state index contributed by atoms with van der Waals surface area (Å²) in [5, 5.41) is 13.0. The van der Waals surface area contributed by atoms with Crippen molar-refractivity contribution in [3.05, 3.63) is 84.3 Å². The molecule has 6 nitrogen and oxygen atoms in total. The van der Waals surface area contributed by atoms with Gasteiger partial charge in [-0.1, -0.05) is 47.7 Å². The molecule has 4 rings (SSSR count). The molecule has 2 aromatic heterocycles. The van der Waals surface area contributed by atoms with Crippen molar-refractivity contribution in [2.45, 2.75) is 6.54 Å². The van der Waals surface area contributed by atoms with Gasteiger partial charge in [0.25, 0.3) is 11.6 Å². The van der Waals surface area contributed by atoms with E-state index in [4.69, 9.17) is 4.42 Å². The zero-order valence-corrected chi connectivity index (χ0v) is 13.9. The van der Waals surface area contributed by atoms with Gasteiger partial charge in [-0.05, 0) is 24.3 Å². The number of nitrogens with zero attached hydrogens (tertiary/aromatic N) is 1. The van der Waals surface area contributed by atoms with Crippen LogP contribution in [-0.4, -0.2) is 16.2 Å². The average Bonchev–Trinajstić information content (AvgIpc) is 3.39. The Kier molecular flexibility index (Phi) is 4.30. The third-order valence-corrected chi connectivity index (χ3v) is 4.05. The zero-order valence-electron chi connectivity index (χ0n) is 13.9. The van der Waals surface area contributed by atoms with E-state index in [1.54, 1.807) is 18.4 Å². The van der Waals surface area contributed by atoms with Gasteiger partial charge in [0.15, 0.2) is 0 Å². The largest absolute Gasteiger partial charge is 0.467 e. The minimum absolute atomic E-state index is 0.159. The van der Waals surface area contributed by atoms with Crippen molar-refractivity contribution in [1.29, 1.82) is 0 Å². The van der Waals surface area contributed by atoms with Crippen LogP contribution in [0.5, 0.6) is 0 Å². The van der Waals surface area contributed by atoms with E-state index in [1.807, 2.05) is 54.6 Å². The molecule has 0 spiro atoms. The van der Waals surface area contributed by atoms with Crippen LogP contribution in [0.2, 0.25) is 0 Å². The smallest absolute Gasteiger partial charge is 0.256 e. The van der Waals surface area contributed by atoms with E-state index in [-0.39, 0.29) is 5.91 Å². The quantitative estimate of drug-likeness (QED) is 0.583. The van der Waals surface area contributed by atoms with E-state index in [1.165, 1.54) is 0 Å². The lowest BCUT2D eigenvalue weighted by molar-refractivity contribution is -0.443. The molecule has 0 unspecified atom stereocenters. The van der Waals surface area contributed by atoms with E-state index in [0.717, 1.165) is 22.5 Å². The van der Waals surface area contributed by atoms with Gasteiger partial charge in [0.1, 0.15) is 5.76 Å². The number of carbonyl (C=O) groups excluding carboxylic acids is 1. The van der Waals surface area contributed by atoms with Gasteiger partial charge in [0, 0.05) is 21.8 Å². The summed E-state index contributed by atoms with van der Waals surface area (Å²) in [6, 6.07) is 20.9. The highest BCUT2D eigenvalue weighted by Gasteiger charge is 2.20. The normalized spacial score (nSPS) is 10.6. The zero-order chi connectivity index (χ0) is 17.8. The van der Waals surface area contributed by atoms with E-state index >= 15 is 0 Å². The van der Waals surface area contributed by atoms with Crippen LogP contribution in [0, 0.1) is 0 Å². The first-order valence-electron chi connectivity index (χ1n) is 8.24. The van der Waals surface area contributed by atoms with Crippen molar-refractivity contribution < 1.29 is 14.3 Å². The highest BCUT2D eigenvalue weighted by molar-refractivity contribution is 5.95. The number of benzene rings is 2. The van der Waals surface area contributed by atoms with Crippen molar-refractivity contribution in [2.75, 3.05) is 0 Å². The third-order valence-electron chi connectivity index (χ3n) is 4.05. The van der Waals surface area contributed by atoms with Gasteiger partial charge >= 0.3 is 0 Å². The standard InChI is InChI=1S/C20H16N4O2/c25-20(21-13-17-10-5-11-26-17)16-9-4-8-15(12-16)19-18(22-24-23-19)14-6-2-1-3-7-14/h1-12H,13H2,(H,21,25)(H,22,23,24)/p+1. The number of H-pyrrole nitrogens is 2. The molecule has 0 saturated carbocycles. The van der Waals surface area contributed by atoms with Gasteiger partial charge in [-0.2, -0.15) is 5.10 Å². The molecule has 0 bridgehead atoms. The van der Waals surface area contributed by atoms with Crippen molar-refractivity contribution in [2.24, 2.45) is 0 Å². The topological polar surface area (TPSA) is 85.1 Å². The van der Waals surface area contributed by atoms with Crippen LogP contribution in [0.25, 0.3) is 22.5 Å². The molecule has 0 aliphatic rings. The fraction of sp³-hybridized carbons (Fsp3) is 0.0500. The highest BCUT2D eigenvalue weighted by Crippen LogP contribution is 2.26. The van der Waals surface area contributed by atoms with Crippen LogP contribution in [-0.2, 0) is 6.54 Å². The lowest BCUT2D eigenvalue weighted by Crippen LogP contribution is -2.22. The molecule has 0 atom stereocenters. The Bertz CT molecular complexity index is 1010. The molecule has 1 amide bonds. The first-order chi connectivity index (χ1) is 12.8. The summed E-state index contributed by atoms with van der Waals surface area (Å²) in [6.45, 7) is 0.350. The summed E-state index contributed by atoms with van der Waals surface area (Å²) >= 11 is 0. The SMILES string of the molecule is O=C(NCc1ccco1)c1cccc(-c2[nH+][nH]nc2-c2ccccc2)c1. The highest BCUT2D eigenvalue weighted by atomic mass is 16.3. The number of aromatic nitrogens is 3. The van der Waals surface area contributed by atoms with Crippen molar-refractivity contribution in [1.82, 2.24) is 15.6 Å². The number of furan rings is 1. The molecule has 0 saturated heterocycles. The lowest BCUT2D eigenvalue weighted by atomic mass is 10.0. The molecule has 26 heavy (non-hydrogen) atoms. The Balaban J connectivity index is 1.59. The average molecular weight is 345 g/mol. The molecule has 128 valence electrons. The second-order valence-corrected chi connectivity index (χ2v) is 5.78. The number of aromatic amines is 2. The number of hydrogen-bond acceptors (Lipinski definition) is 3. The van der Waals surface area contributed by atoms with Crippen LogP contribution in [0.1, 0.15) is 16.1 Å². The second kappa shape index (κ2) is 7.06. The number of rotatable bonds is 5. The number of nitrogens with one attached hydrogen (secondary N) is 3. The van der Waals surface area contributed by atoms with Gasteiger partial charge < -0.3 is 9.73 Å². The van der Waals surface area contributed by atoms with Crippen LogP contribution in [0.15, 0.2) is 77.4 Å². The molecular weight excluding hydrogens is 328 g/mol. The van der Waals surface area contributed by atoms with E-state index in [9.17, 15) is 4.79 Å². The molecule has 2 heterocycles. The van der Waals surface area contributed by atoms with Gasteiger partial charge in [-0.3, -0.25) is 4.79 Å². The van der Waals surface area contributed by atoms with Crippen LogP contribution < -0.4 is 10.4 Å². The molecule has 3 N–H and O–H groups in total. The summed E-state index contributed by atoms with van der Waals surface area (Å²) in [7, 11) is 0. The van der Waals surface area contributed by atoms with E-state index < -0.39 is 0 Å². The monoisotopic (exact) mass is 345 g/mol. The molecule has 6 heteroatoms. The van der Waals surface area contributed by atoms with Gasteiger partial charge in [0.2, 0.25) is 5.69 Å². The molecule has 0 aliphatic carbocycles. The maximum Gasteiger partial charge on any atom is 0.256 e. The number of carbonyl (C=O) groups is 1. The van der Waals surface area contributed by atoms with Crippen LogP contribution in [0.3, 0.4) is 0 Å². The fourth-order valence-corrected chi connectivity index (χ4v) is 2.77. The van der Waals surface area contributed by atoms with E-state index in [0.29, 0.717) is 17.9 Å². The van der Waals surface area contributed by atoms with Crippen LogP contribution >= 0.6 is 0 Å². The first-order valence-corrected chi connectivity index (χ1v) is 8.24.